The Morgan fingerprint density at radius 3 is 2.54 bits per heavy atom. The summed E-state index contributed by atoms with van der Waals surface area (Å²) in [5.74, 6) is -0.626. The van der Waals surface area contributed by atoms with Gasteiger partial charge in [0.25, 0.3) is 0 Å². The molecule has 7 heteroatoms. The maximum atomic E-state index is 12.9. The maximum Gasteiger partial charge on any atom is 0.416 e. The van der Waals surface area contributed by atoms with Crippen LogP contribution in [-0.2, 0) is 11.0 Å². The summed E-state index contributed by atoms with van der Waals surface area (Å²) in [5, 5.41) is 9.07. The van der Waals surface area contributed by atoms with Gasteiger partial charge in [-0.2, -0.15) is 13.2 Å². The van der Waals surface area contributed by atoms with Gasteiger partial charge in [-0.25, -0.2) is 4.98 Å². The molecule has 1 aliphatic rings. The number of benzene rings is 1. The largest absolute Gasteiger partial charge is 0.481 e. The summed E-state index contributed by atoms with van der Waals surface area (Å²) in [4.78, 5) is 15.3. The molecule has 1 fully saturated rings. The van der Waals surface area contributed by atoms with E-state index in [4.69, 9.17) is 5.11 Å². The number of carboxylic acid groups (broad SMARTS) is 1. The highest BCUT2D eigenvalue weighted by atomic mass is 19.4. The van der Waals surface area contributed by atoms with Crippen molar-refractivity contribution in [2.75, 3.05) is 0 Å². The highest BCUT2D eigenvalue weighted by molar-refractivity contribution is 5.70. The zero-order valence-electron chi connectivity index (χ0n) is 12.8. The van der Waals surface area contributed by atoms with Crippen molar-refractivity contribution in [2.45, 2.75) is 37.9 Å². The molecule has 2 aromatic rings. The van der Waals surface area contributed by atoms with Crippen LogP contribution in [0.3, 0.4) is 0 Å². The van der Waals surface area contributed by atoms with E-state index >= 15 is 0 Å². The van der Waals surface area contributed by atoms with E-state index in [0.717, 1.165) is 12.1 Å². The molecule has 0 amide bonds. The molecule has 128 valence electrons. The first kappa shape index (κ1) is 16.5. The molecule has 24 heavy (non-hydrogen) atoms. The van der Waals surface area contributed by atoms with Gasteiger partial charge in [-0.3, -0.25) is 4.79 Å². The van der Waals surface area contributed by atoms with E-state index in [9.17, 15) is 18.0 Å². The standard InChI is InChI=1S/C17H17F3N2O2/c18-17(19,20)13-3-1-2-12(10-13)15-21-8-9-22(15)14-6-4-11(5-7-14)16(23)24/h1-3,8-11,14H,4-7H2,(H,23,24). The van der Waals surface area contributed by atoms with Gasteiger partial charge in [-0.05, 0) is 37.8 Å². The number of halogens is 3. The molecule has 1 aromatic heterocycles. The zero-order chi connectivity index (χ0) is 17.3. The van der Waals surface area contributed by atoms with Crippen molar-refractivity contribution < 1.29 is 23.1 Å². The normalized spacial score (nSPS) is 21.6. The molecule has 1 aliphatic carbocycles. The quantitative estimate of drug-likeness (QED) is 0.903. The number of aliphatic carboxylic acids is 1. The Bertz CT molecular complexity index is 731. The van der Waals surface area contributed by atoms with Gasteiger partial charge in [0.15, 0.2) is 0 Å². The van der Waals surface area contributed by atoms with Crippen LogP contribution in [0, 0.1) is 5.92 Å². The van der Waals surface area contributed by atoms with Gasteiger partial charge in [-0.1, -0.05) is 12.1 Å². The summed E-state index contributed by atoms with van der Waals surface area (Å²) in [5.41, 5.74) is -0.292. The van der Waals surface area contributed by atoms with E-state index in [-0.39, 0.29) is 12.0 Å². The van der Waals surface area contributed by atoms with E-state index in [1.54, 1.807) is 18.5 Å². The minimum atomic E-state index is -4.40. The first-order valence-corrected chi connectivity index (χ1v) is 7.79. The predicted molar refractivity (Wildman–Crippen MR) is 81.3 cm³/mol. The van der Waals surface area contributed by atoms with Crippen LogP contribution in [0.4, 0.5) is 13.2 Å². The van der Waals surface area contributed by atoms with Crippen molar-refractivity contribution in [3.8, 4) is 11.4 Å². The first-order chi connectivity index (χ1) is 11.4. The third-order valence-corrected chi connectivity index (χ3v) is 4.56. The van der Waals surface area contributed by atoms with Crippen LogP contribution in [0.5, 0.6) is 0 Å². The Morgan fingerprint density at radius 2 is 1.92 bits per heavy atom. The van der Waals surface area contributed by atoms with Crippen LogP contribution in [0.25, 0.3) is 11.4 Å². The minimum Gasteiger partial charge on any atom is -0.481 e. The number of aromatic nitrogens is 2. The Kier molecular flexibility index (Phi) is 4.34. The summed E-state index contributed by atoms with van der Waals surface area (Å²) < 4.78 is 40.6. The lowest BCUT2D eigenvalue weighted by Gasteiger charge is -2.28. The van der Waals surface area contributed by atoms with Crippen molar-refractivity contribution in [3.63, 3.8) is 0 Å². The van der Waals surface area contributed by atoms with Gasteiger partial charge in [0.2, 0.25) is 0 Å². The molecule has 0 aliphatic heterocycles. The SMILES string of the molecule is O=C(O)C1CCC(n2ccnc2-c2cccc(C(F)(F)F)c2)CC1. The zero-order valence-corrected chi connectivity index (χ0v) is 12.8. The van der Waals surface area contributed by atoms with E-state index in [0.29, 0.717) is 37.1 Å². The molecule has 0 saturated heterocycles. The second kappa shape index (κ2) is 6.30. The number of carboxylic acids is 1. The smallest absolute Gasteiger partial charge is 0.416 e. The number of carbonyl (C=O) groups is 1. The number of rotatable bonds is 3. The van der Waals surface area contributed by atoms with Gasteiger partial charge in [0.1, 0.15) is 5.82 Å². The molecule has 1 N–H and O–H groups in total. The summed E-state index contributed by atoms with van der Waals surface area (Å²) >= 11 is 0. The van der Waals surface area contributed by atoms with Crippen LogP contribution in [0.2, 0.25) is 0 Å². The van der Waals surface area contributed by atoms with E-state index in [2.05, 4.69) is 4.98 Å². The molecule has 4 nitrogen and oxygen atoms in total. The second-order valence-electron chi connectivity index (χ2n) is 6.08. The van der Waals surface area contributed by atoms with Crippen molar-refractivity contribution in [2.24, 2.45) is 5.92 Å². The molecular formula is C17H17F3N2O2. The Hall–Kier alpha value is -2.31. The lowest BCUT2D eigenvalue weighted by molar-refractivity contribution is -0.143. The van der Waals surface area contributed by atoms with Gasteiger partial charge in [-0.15, -0.1) is 0 Å². The number of hydrogen-bond donors (Lipinski definition) is 1. The van der Waals surface area contributed by atoms with E-state index in [1.165, 1.54) is 6.07 Å². The molecule has 1 heterocycles. The van der Waals surface area contributed by atoms with Crippen LogP contribution >= 0.6 is 0 Å². The molecule has 0 atom stereocenters. The topological polar surface area (TPSA) is 55.1 Å². The van der Waals surface area contributed by atoms with Crippen LogP contribution in [0.1, 0.15) is 37.3 Å². The van der Waals surface area contributed by atoms with Gasteiger partial charge < -0.3 is 9.67 Å². The molecule has 1 saturated carbocycles. The molecule has 0 radical (unpaired) electrons. The molecule has 3 rings (SSSR count). The van der Waals surface area contributed by atoms with Crippen molar-refractivity contribution in [1.82, 2.24) is 9.55 Å². The van der Waals surface area contributed by atoms with Crippen molar-refractivity contribution >= 4 is 5.97 Å². The van der Waals surface area contributed by atoms with Crippen LogP contribution < -0.4 is 0 Å². The minimum absolute atomic E-state index is 0.0626. The van der Waals surface area contributed by atoms with Crippen LogP contribution in [-0.4, -0.2) is 20.6 Å². The number of hydrogen-bond acceptors (Lipinski definition) is 2. The summed E-state index contributed by atoms with van der Waals surface area (Å²) in [6.07, 6.45) is 1.42. The van der Waals surface area contributed by atoms with E-state index in [1.807, 2.05) is 4.57 Å². The average molecular weight is 338 g/mol. The number of imidazole rings is 1. The van der Waals surface area contributed by atoms with Gasteiger partial charge >= 0.3 is 12.1 Å². The molecule has 0 unspecified atom stereocenters. The third-order valence-electron chi connectivity index (χ3n) is 4.56. The fourth-order valence-electron chi connectivity index (χ4n) is 3.27. The summed E-state index contributed by atoms with van der Waals surface area (Å²) in [7, 11) is 0. The number of nitrogens with zero attached hydrogens (tertiary/aromatic N) is 2. The average Bonchev–Trinajstić information content (AvgIpc) is 3.04. The lowest BCUT2D eigenvalue weighted by atomic mass is 9.86. The Morgan fingerprint density at radius 1 is 1.21 bits per heavy atom. The maximum absolute atomic E-state index is 12.9. The molecular weight excluding hydrogens is 321 g/mol. The van der Waals surface area contributed by atoms with Gasteiger partial charge in [0.05, 0.1) is 11.5 Å². The van der Waals surface area contributed by atoms with Crippen molar-refractivity contribution in [3.05, 3.63) is 42.2 Å². The molecule has 0 bridgehead atoms. The van der Waals surface area contributed by atoms with Crippen LogP contribution in [0.15, 0.2) is 36.7 Å². The Labute approximate surface area is 136 Å². The van der Waals surface area contributed by atoms with Crippen molar-refractivity contribution in [1.29, 1.82) is 0 Å². The monoisotopic (exact) mass is 338 g/mol. The van der Waals surface area contributed by atoms with Gasteiger partial charge in [0, 0.05) is 24.0 Å². The third kappa shape index (κ3) is 3.29. The highest BCUT2D eigenvalue weighted by Crippen LogP contribution is 2.36. The van der Waals surface area contributed by atoms with E-state index < -0.39 is 17.7 Å². The summed E-state index contributed by atoms with van der Waals surface area (Å²) in [6, 6.07) is 5.18. The second-order valence-corrected chi connectivity index (χ2v) is 6.08. The predicted octanol–water partition coefficient (Wildman–Crippen LogP) is 4.38. The number of alkyl halides is 3. The lowest BCUT2D eigenvalue weighted by Crippen LogP contribution is -2.23. The molecule has 0 spiro atoms. The fourth-order valence-corrected chi connectivity index (χ4v) is 3.27. The highest BCUT2D eigenvalue weighted by Gasteiger charge is 2.31. The fraction of sp³-hybridized carbons (Fsp3) is 0.412. The summed E-state index contributed by atoms with van der Waals surface area (Å²) in [6.45, 7) is 0. The first-order valence-electron chi connectivity index (χ1n) is 7.79. The molecule has 1 aromatic carbocycles. The Balaban J connectivity index is 1.85.